The van der Waals surface area contributed by atoms with E-state index in [2.05, 4.69) is 5.92 Å². The summed E-state index contributed by atoms with van der Waals surface area (Å²) >= 11 is 0. The summed E-state index contributed by atoms with van der Waals surface area (Å²) in [5.74, 6) is 2.58. The van der Waals surface area contributed by atoms with Gasteiger partial charge in [-0.25, -0.2) is 0 Å². The highest BCUT2D eigenvalue weighted by Gasteiger charge is 2.42. The zero-order valence-electron chi connectivity index (χ0n) is 7.53. The van der Waals surface area contributed by atoms with Crippen LogP contribution in [0.15, 0.2) is 0 Å². The van der Waals surface area contributed by atoms with E-state index >= 15 is 0 Å². The Balaban J connectivity index is 2.88. The number of terminal acetylenes is 1. The second-order valence-electron chi connectivity index (χ2n) is 3.31. The van der Waals surface area contributed by atoms with Gasteiger partial charge in [0.15, 0.2) is 0 Å². The maximum Gasteiger partial charge on any atom is 0.329 e. The van der Waals surface area contributed by atoms with E-state index in [4.69, 9.17) is 15.5 Å². The third-order valence-corrected chi connectivity index (χ3v) is 3.47. The van der Waals surface area contributed by atoms with E-state index in [0.717, 1.165) is 0 Å². The Labute approximate surface area is 73.0 Å². The van der Waals surface area contributed by atoms with Gasteiger partial charge >= 0.3 is 7.60 Å². The smallest absolute Gasteiger partial charge is 0.308 e. The minimum absolute atomic E-state index is 0.0736. The summed E-state index contributed by atoms with van der Waals surface area (Å²) in [6.45, 7) is 5.51. The standard InChI is InChI=1S/C8H13O3P/c1-5-8(3)7(2)6-10-12(4,9)11-8/h1,7H,6H2,2-4H3. The Hall–Kier alpha value is -0.290. The second kappa shape index (κ2) is 2.88. The van der Waals surface area contributed by atoms with Crippen LogP contribution in [0.5, 0.6) is 0 Å². The normalized spacial score (nSPS) is 48.3. The highest BCUT2D eigenvalue weighted by atomic mass is 31.2. The summed E-state index contributed by atoms with van der Waals surface area (Å²) in [4.78, 5) is 0. The van der Waals surface area contributed by atoms with Gasteiger partial charge < -0.3 is 4.52 Å². The molecule has 1 rings (SSSR count). The van der Waals surface area contributed by atoms with Gasteiger partial charge in [-0.3, -0.25) is 9.09 Å². The quantitative estimate of drug-likeness (QED) is 0.430. The van der Waals surface area contributed by atoms with Crippen molar-refractivity contribution in [2.75, 3.05) is 13.3 Å². The van der Waals surface area contributed by atoms with E-state index in [1.54, 1.807) is 6.92 Å². The van der Waals surface area contributed by atoms with Crippen molar-refractivity contribution in [3.8, 4) is 12.3 Å². The number of rotatable bonds is 0. The highest BCUT2D eigenvalue weighted by Crippen LogP contribution is 2.53. The minimum atomic E-state index is -2.90. The summed E-state index contributed by atoms with van der Waals surface area (Å²) in [5.41, 5.74) is -0.747. The first kappa shape index (κ1) is 9.80. The van der Waals surface area contributed by atoms with Crippen molar-refractivity contribution in [2.45, 2.75) is 19.4 Å². The first-order valence-electron chi connectivity index (χ1n) is 3.80. The molecule has 0 saturated carbocycles. The molecule has 4 heteroatoms. The van der Waals surface area contributed by atoms with Gasteiger partial charge in [0.2, 0.25) is 0 Å². The lowest BCUT2D eigenvalue weighted by molar-refractivity contribution is 0.00177. The third kappa shape index (κ3) is 1.72. The molecule has 0 N–H and O–H groups in total. The van der Waals surface area contributed by atoms with Crippen LogP contribution < -0.4 is 0 Å². The molecule has 0 radical (unpaired) electrons. The lowest BCUT2D eigenvalue weighted by Gasteiger charge is -2.37. The van der Waals surface area contributed by atoms with Gasteiger partial charge in [0.05, 0.1) is 6.61 Å². The molecule has 3 unspecified atom stereocenters. The molecule has 1 heterocycles. The number of hydrogen-bond acceptors (Lipinski definition) is 3. The second-order valence-corrected chi connectivity index (χ2v) is 5.29. The van der Waals surface area contributed by atoms with Crippen molar-refractivity contribution in [3.05, 3.63) is 0 Å². The predicted octanol–water partition coefficient (Wildman–Crippen LogP) is 1.88. The van der Waals surface area contributed by atoms with Crippen LogP contribution in [0, 0.1) is 18.3 Å². The molecule has 1 aliphatic rings. The summed E-state index contributed by atoms with van der Waals surface area (Å²) in [6.07, 6.45) is 5.30. The van der Waals surface area contributed by atoms with Gasteiger partial charge in [-0.15, -0.1) is 6.42 Å². The molecule has 0 spiro atoms. The predicted molar refractivity (Wildman–Crippen MR) is 47.0 cm³/mol. The summed E-state index contributed by atoms with van der Waals surface area (Å²) in [7, 11) is -2.90. The fourth-order valence-electron chi connectivity index (χ4n) is 1.04. The molecule has 3 atom stereocenters. The van der Waals surface area contributed by atoms with Crippen LogP contribution in [0.25, 0.3) is 0 Å². The lowest BCUT2D eigenvalue weighted by Crippen LogP contribution is -2.39. The lowest BCUT2D eigenvalue weighted by atomic mass is 9.93. The summed E-state index contributed by atoms with van der Waals surface area (Å²) in [5, 5.41) is 0. The van der Waals surface area contributed by atoms with E-state index in [0.29, 0.717) is 6.61 Å². The minimum Gasteiger partial charge on any atom is -0.308 e. The van der Waals surface area contributed by atoms with E-state index < -0.39 is 13.2 Å². The van der Waals surface area contributed by atoms with Crippen LogP contribution in [0.3, 0.4) is 0 Å². The van der Waals surface area contributed by atoms with Crippen LogP contribution in [0.2, 0.25) is 0 Å². The van der Waals surface area contributed by atoms with E-state index in [1.807, 2.05) is 6.92 Å². The summed E-state index contributed by atoms with van der Waals surface area (Å²) < 4.78 is 21.6. The average Bonchev–Trinajstić information content (AvgIpc) is 1.97. The fourth-order valence-corrected chi connectivity index (χ4v) is 2.50. The van der Waals surface area contributed by atoms with Gasteiger partial charge in [-0.1, -0.05) is 12.8 Å². The first-order chi connectivity index (χ1) is 5.40. The number of hydrogen-bond donors (Lipinski definition) is 0. The fraction of sp³-hybridized carbons (Fsp3) is 0.750. The summed E-state index contributed by atoms with van der Waals surface area (Å²) in [6, 6.07) is 0. The van der Waals surface area contributed by atoms with Gasteiger partial charge in [-0.05, 0) is 6.92 Å². The Morgan fingerprint density at radius 2 is 2.33 bits per heavy atom. The molecule has 1 aliphatic heterocycles. The SMILES string of the molecule is C#CC1(C)OP(C)(=O)OCC1C. The van der Waals surface area contributed by atoms with E-state index in [1.165, 1.54) is 6.66 Å². The van der Waals surface area contributed by atoms with Crippen LogP contribution in [0.4, 0.5) is 0 Å². The van der Waals surface area contributed by atoms with E-state index in [9.17, 15) is 4.57 Å². The maximum atomic E-state index is 11.4. The maximum absolute atomic E-state index is 11.4. The molecular weight excluding hydrogens is 175 g/mol. The highest BCUT2D eigenvalue weighted by molar-refractivity contribution is 7.53. The van der Waals surface area contributed by atoms with E-state index in [-0.39, 0.29) is 5.92 Å². The molecule has 0 bridgehead atoms. The van der Waals surface area contributed by atoms with Crippen LogP contribution in [-0.2, 0) is 13.6 Å². The van der Waals surface area contributed by atoms with Crippen molar-refractivity contribution in [1.29, 1.82) is 0 Å². The molecule has 68 valence electrons. The molecule has 0 aromatic rings. The Morgan fingerprint density at radius 1 is 1.75 bits per heavy atom. The Bertz CT molecular complexity index is 268. The first-order valence-corrected chi connectivity index (χ1v) is 5.79. The van der Waals surface area contributed by atoms with Gasteiger partial charge in [0, 0.05) is 12.6 Å². The molecule has 0 aliphatic carbocycles. The molecule has 1 fully saturated rings. The zero-order valence-corrected chi connectivity index (χ0v) is 8.43. The van der Waals surface area contributed by atoms with Crippen molar-refractivity contribution < 1.29 is 13.6 Å². The van der Waals surface area contributed by atoms with Crippen LogP contribution in [0.1, 0.15) is 13.8 Å². The topological polar surface area (TPSA) is 35.5 Å². The molecular formula is C8H13O3P. The third-order valence-electron chi connectivity index (χ3n) is 2.14. The average molecular weight is 188 g/mol. The van der Waals surface area contributed by atoms with Gasteiger partial charge in [0.25, 0.3) is 0 Å². The van der Waals surface area contributed by atoms with Crippen molar-refractivity contribution in [2.24, 2.45) is 5.92 Å². The molecule has 12 heavy (non-hydrogen) atoms. The van der Waals surface area contributed by atoms with Gasteiger partial charge in [0.1, 0.15) is 5.60 Å². The zero-order chi connectivity index (χ0) is 9.41. The van der Waals surface area contributed by atoms with Crippen LogP contribution in [-0.4, -0.2) is 18.9 Å². The van der Waals surface area contributed by atoms with Crippen LogP contribution >= 0.6 is 7.60 Å². The van der Waals surface area contributed by atoms with Crippen molar-refractivity contribution in [3.63, 3.8) is 0 Å². The Morgan fingerprint density at radius 3 is 2.75 bits per heavy atom. The molecule has 0 aromatic heterocycles. The molecule has 1 saturated heterocycles. The largest absolute Gasteiger partial charge is 0.329 e. The van der Waals surface area contributed by atoms with Gasteiger partial charge in [-0.2, -0.15) is 0 Å². The van der Waals surface area contributed by atoms with Crippen molar-refractivity contribution >= 4 is 7.60 Å². The Kier molecular flexibility index (Phi) is 2.35. The molecule has 0 amide bonds. The molecule has 3 nitrogen and oxygen atoms in total. The molecule has 0 aromatic carbocycles. The monoisotopic (exact) mass is 188 g/mol. The van der Waals surface area contributed by atoms with Crippen molar-refractivity contribution in [1.82, 2.24) is 0 Å².